The number of ether oxygens (including phenoxy) is 2. The summed E-state index contributed by atoms with van der Waals surface area (Å²) in [5.41, 5.74) is -0.0405. The van der Waals surface area contributed by atoms with E-state index < -0.39 is 23.8 Å². The van der Waals surface area contributed by atoms with E-state index in [0.717, 1.165) is 0 Å². The smallest absolute Gasteiger partial charge is 0.414 e. The molecule has 4 N–H and O–H groups in total. The highest BCUT2D eigenvalue weighted by atomic mass is 16.6. The van der Waals surface area contributed by atoms with Gasteiger partial charge < -0.3 is 35.0 Å². The van der Waals surface area contributed by atoms with Crippen LogP contribution in [0.15, 0.2) is 29.1 Å². The number of aliphatic carboxylic acids is 1. The van der Waals surface area contributed by atoms with Gasteiger partial charge in [0.2, 0.25) is 11.9 Å². The zero-order chi connectivity index (χ0) is 26.9. The molecule has 0 bridgehead atoms. The number of H-pyrrole nitrogens is 1. The van der Waals surface area contributed by atoms with Crippen LogP contribution in [0.25, 0.3) is 0 Å². The number of nitrogens with one attached hydrogen (secondary N) is 3. The van der Waals surface area contributed by atoms with Crippen molar-refractivity contribution in [3.63, 3.8) is 0 Å². The van der Waals surface area contributed by atoms with Gasteiger partial charge in [0.25, 0.3) is 0 Å². The largest absolute Gasteiger partial charge is 0.480 e. The second-order valence-corrected chi connectivity index (χ2v) is 8.58. The number of carboxylic acid groups (broad SMARTS) is 1. The first kappa shape index (κ1) is 27.2. The first-order chi connectivity index (χ1) is 17.6. The Morgan fingerprint density at radius 2 is 1.86 bits per heavy atom. The minimum Gasteiger partial charge on any atom is -0.480 e. The first-order valence-corrected chi connectivity index (χ1v) is 11.8. The number of aromatic nitrogens is 3. The Morgan fingerprint density at radius 1 is 1.19 bits per heavy atom. The molecule has 0 saturated carbocycles. The van der Waals surface area contributed by atoms with Gasteiger partial charge in [0.05, 0.1) is 6.61 Å². The maximum absolute atomic E-state index is 12.1. The number of anilines is 2. The van der Waals surface area contributed by atoms with E-state index in [1.54, 1.807) is 50.2 Å². The summed E-state index contributed by atoms with van der Waals surface area (Å²) in [6.07, 6.45) is 0.406. The van der Waals surface area contributed by atoms with Crippen molar-refractivity contribution in [2.45, 2.75) is 38.3 Å². The molecular weight excluding hydrogens is 486 g/mol. The van der Waals surface area contributed by atoms with Crippen LogP contribution in [0.3, 0.4) is 0 Å². The van der Waals surface area contributed by atoms with E-state index in [2.05, 4.69) is 25.6 Å². The van der Waals surface area contributed by atoms with E-state index in [0.29, 0.717) is 43.9 Å². The Bertz CT molecular complexity index is 1140. The second kappa shape index (κ2) is 12.6. The van der Waals surface area contributed by atoms with Crippen LogP contribution in [-0.2, 0) is 16.0 Å². The summed E-state index contributed by atoms with van der Waals surface area (Å²) in [4.78, 5) is 60.9. The van der Waals surface area contributed by atoms with Gasteiger partial charge in [-0.3, -0.25) is 4.98 Å². The van der Waals surface area contributed by atoms with Crippen LogP contribution in [-0.4, -0.2) is 93.9 Å². The third-order valence-corrected chi connectivity index (χ3v) is 5.55. The highest BCUT2D eigenvalue weighted by Crippen LogP contribution is 2.17. The highest BCUT2D eigenvalue weighted by molar-refractivity contribution is 5.77. The van der Waals surface area contributed by atoms with Gasteiger partial charge in [-0.05, 0) is 37.5 Å². The average Bonchev–Trinajstić information content (AvgIpc) is 2.85. The van der Waals surface area contributed by atoms with Crippen LogP contribution < -0.4 is 21.1 Å². The number of carboxylic acids is 1. The summed E-state index contributed by atoms with van der Waals surface area (Å²) < 4.78 is 10.2. The summed E-state index contributed by atoms with van der Waals surface area (Å²) in [6.45, 7) is 3.04. The molecule has 0 unspecified atom stereocenters. The Hall–Kier alpha value is -4.36. The van der Waals surface area contributed by atoms with E-state index in [-0.39, 0.29) is 30.5 Å². The zero-order valence-electron chi connectivity index (χ0n) is 20.9. The van der Waals surface area contributed by atoms with E-state index in [1.165, 1.54) is 4.90 Å². The normalized spacial score (nSPS) is 14.4. The number of rotatable bonds is 9. The van der Waals surface area contributed by atoms with Crippen molar-refractivity contribution in [2.24, 2.45) is 0 Å². The third-order valence-electron chi connectivity index (χ3n) is 5.55. The minimum absolute atomic E-state index is 0.0561. The van der Waals surface area contributed by atoms with Crippen molar-refractivity contribution in [3.05, 3.63) is 40.3 Å². The van der Waals surface area contributed by atoms with Crippen molar-refractivity contribution in [3.8, 4) is 5.75 Å². The fraction of sp³-hybridized carbons (Fsp3) is 0.478. The Balaban J connectivity index is 1.61. The number of likely N-dealkylation sites (tertiary alicyclic amines) is 1. The molecule has 1 saturated heterocycles. The predicted molar refractivity (Wildman–Crippen MR) is 133 cm³/mol. The van der Waals surface area contributed by atoms with Gasteiger partial charge in [0.15, 0.2) is 0 Å². The molecule has 2 heterocycles. The van der Waals surface area contributed by atoms with Crippen molar-refractivity contribution >= 4 is 30.1 Å². The maximum atomic E-state index is 12.1. The van der Waals surface area contributed by atoms with E-state index in [1.807, 2.05) is 0 Å². The molecule has 200 valence electrons. The summed E-state index contributed by atoms with van der Waals surface area (Å²) in [7, 11) is 3.12. The molecule has 14 heteroatoms. The van der Waals surface area contributed by atoms with E-state index in [9.17, 15) is 24.3 Å². The SMILES string of the molecule is CCOC(=O)N1CCC(Nc2nc(N[C@@H](Cc3ccc(OC(=O)N(C)C)cc3)C(=O)O)nc(=O)[nH]2)CC1. The number of hydrogen-bond acceptors (Lipinski definition) is 10. The lowest BCUT2D eigenvalue weighted by Gasteiger charge is -2.31. The van der Waals surface area contributed by atoms with Crippen molar-refractivity contribution in [2.75, 3.05) is 44.4 Å². The van der Waals surface area contributed by atoms with Crippen molar-refractivity contribution in [1.29, 1.82) is 0 Å². The van der Waals surface area contributed by atoms with Gasteiger partial charge in [0, 0.05) is 39.6 Å². The van der Waals surface area contributed by atoms with Crippen molar-refractivity contribution < 1.29 is 29.0 Å². The molecule has 2 amide bonds. The fourth-order valence-electron chi connectivity index (χ4n) is 3.61. The lowest BCUT2D eigenvalue weighted by atomic mass is 10.1. The number of carbonyl (C=O) groups excluding carboxylic acids is 2. The Labute approximate surface area is 213 Å². The van der Waals surface area contributed by atoms with Crippen LogP contribution >= 0.6 is 0 Å². The Kier molecular flexibility index (Phi) is 9.24. The number of benzene rings is 1. The van der Waals surface area contributed by atoms with Gasteiger partial charge in [-0.25, -0.2) is 19.2 Å². The molecule has 0 aliphatic carbocycles. The van der Waals surface area contributed by atoms with Gasteiger partial charge in [-0.15, -0.1) is 0 Å². The number of amides is 2. The van der Waals surface area contributed by atoms with Crippen LogP contribution in [0.5, 0.6) is 5.75 Å². The van der Waals surface area contributed by atoms with Crippen molar-refractivity contribution in [1.82, 2.24) is 24.8 Å². The van der Waals surface area contributed by atoms with Crippen LogP contribution in [0.2, 0.25) is 0 Å². The lowest BCUT2D eigenvalue weighted by Crippen LogP contribution is -2.43. The number of hydrogen-bond donors (Lipinski definition) is 4. The average molecular weight is 518 g/mol. The minimum atomic E-state index is -1.16. The molecule has 0 spiro atoms. The van der Waals surface area contributed by atoms with Crippen LogP contribution in [0.1, 0.15) is 25.3 Å². The summed E-state index contributed by atoms with van der Waals surface area (Å²) in [6, 6.07) is 5.23. The molecule has 37 heavy (non-hydrogen) atoms. The standard InChI is InChI=1S/C23H31N7O7/c1-4-36-23(35)30-11-9-15(10-12-30)24-19-26-20(28-21(33)27-19)25-17(18(31)32)13-14-5-7-16(8-6-14)37-22(34)29(2)3/h5-8,15,17H,4,9-13H2,1-3H3,(H,31,32)(H3,24,25,26,27,28,33)/t17-/m0/s1. The Morgan fingerprint density at radius 3 is 2.46 bits per heavy atom. The molecule has 1 aliphatic rings. The molecule has 1 aromatic heterocycles. The number of nitrogens with zero attached hydrogens (tertiary/aromatic N) is 4. The van der Waals surface area contributed by atoms with Gasteiger partial charge in [0.1, 0.15) is 11.8 Å². The molecule has 1 aromatic carbocycles. The third kappa shape index (κ3) is 8.08. The zero-order valence-corrected chi connectivity index (χ0v) is 20.9. The van der Waals surface area contributed by atoms with Gasteiger partial charge in [-0.2, -0.15) is 9.97 Å². The molecule has 14 nitrogen and oxygen atoms in total. The molecule has 2 aromatic rings. The second-order valence-electron chi connectivity index (χ2n) is 8.58. The topological polar surface area (TPSA) is 179 Å². The highest BCUT2D eigenvalue weighted by Gasteiger charge is 2.25. The lowest BCUT2D eigenvalue weighted by molar-refractivity contribution is -0.137. The van der Waals surface area contributed by atoms with Crippen LogP contribution in [0.4, 0.5) is 21.5 Å². The van der Waals surface area contributed by atoms with Gasteiger partial charge in [-0.1, -0.05) is 12.1 Å². The quantitative estimate of drug-likeness (QED) is 0.377. The number of piperidine rings is 1. The van der Waals surface area contributed by atoms with E-state index >= 15 is 0 Å². The molecule has 1 aliphatic heterocycles. The van der Waals surface area contributed by atoms with Crippen LogP contribution in [0, 0.1) is 0 Å². The molecule has 3 rings (SSSR count). The summed E-state index contributed by atoms with van der Waals surface area (Å²) >= 11 is 0. The molecule has 1 fully saturated rings. The first-order valence-electron chi connectivity index (χ1n) is 11.8. The maximum Gasteiger partial charge on any atom is 0.414 e. The van der Waals surface area contributed by atoms with E-state index in [4.69, 9.17) is 9.47 Å². The number of carbonyl (C=O) groups is 3. The molecular formula is C23H31N7O7. The fourth-order valence-corrected chi connectivity index (χ4v) is 3.61. The van der Waals surface area contributed by atoms with Gasteiger partial charge >= 0.3 is 23.8 Å². The number of aromatic amines is 1. The predicted octanol–water partition coefficient (Wildman–Crippen LogP) is 1.37. The molecule has 1 atom stereocenters. The molecule has 0 radical (unpaired) electrons. The summed E-state index contributed by atoms with van der Waals surface area (Å²) in [5, 5.41) is 15.5. The summed E-state index contributed by atoms with van der Waals surface area (Å²) in [5.74, 6) is -0.829. The monoisotopic (exact) mass is 517 g/mol.